The van der Waals surface area contributed by atoms with Crippen molar-refractivity contribution in [2.75, 3.05) is 38.2 Å². The molecule has 1 N–H and O–H groups in total. The Hall–Kier alpha value is -0.130. The first-order chi connectivity index (χ1) is 7.68. The van der Waals surface area contributed by atoms with E-state index in [0.717, 1.165) is 32.6 Å². The van der Waals surface area contributed by atoms with Gasteiger partial charge in [0.25, 0.3) is 0 Å². The van der Waals surface area contributed by atoms with Crippen LogP contribution in [0, 0.1) is 5.41 Å². The molecule has 17 heavy (non-hydrogen) atoms. The Labute approximate surface area is 106 Å². The van der Waals surface area contributed by atoms with E-state index in [1.807, 2.05) is 0 Å². The van der Waals surface area contributed by atoms with Crippen molar-refractivity contribution in [2.24, 2.45) is 5.41 Å². The molecule has 1 aliphatic rings. The van der Waals surface area contributed by atoms with Gasteiger partial charge >= 0.3 is 0 Å². The molecule has 1 saturated heterocycles. The first-order valence-corrected chi connectivity index (χ1v) is 8.38. The maximum absolute atomic E-state index is 11.1. The van der Waals surface area contributed by atoms with Gasteiger partial charge in [-0.15, -0.1) is 0 Å². The molecule has 0 aromatic rings. The molecule has 0 bridgehead atoms. The van der Waals surface area contributed by atoms with Crippen LogP contribution in [-0.2, 0) is 9.84 Å². The van der Waals surface area contributed by atoms with E-state index >= 15 is 0 Å². The quantitative estimate of drug-likeness (QED) is 0.812. The van der Waals surface area contributed by atoms with Gasteiger partial charge in [-0.1, -0.05) is 20.8 Å². The Morgan fingerprint density at radius 1 is 1.35 bits per heavy atom. The SMILES string of the molecule is CC(C)(C)C1CN(CCCS(C)(=O)=O)CCN1. The summed E-state index contributed by atoms with van der Waals surface area (Å²) in [5.41, 5.74) is 0.259. The van der Waals surface area contributed by atoms with Gasteiger partial charge < -0.3 is 10.2 Å². The number of nitrogens with one attached hydrogen (secondary N) is 1. The fourth-order valence-corrected chi connectivity index (χ4v) is 2.80. The molecule has 1 atom stereocenters. The van der Waals surface area contributed by atoms with Crippen LogP contribution in [0.3, 0.4) is 0 Å². The van der Waals surface area contributed by atoms with E-state index in [-0.39, 0.29) is 5.41 Å². The summed E-state index contributed by atoms with van der Waals surface area (Å²) in [7, 11) is -2.81. The van der Waals surface area contributed by atoms with Crippen LogP contribution in [0.1, 0.15) is 27.2 Å². The highest BCUT2D eigenvalue weighted by Crippen LogP contribution is 2.21. The number of nitrogens with zero attached hydrogens (tertiary/aromatic N) is 1. The fraction of sp³-hybridized carbons (Fsp3) is 1.00. The lowest BCUT2D eigenvalue weighted by molar-refractivity contribution is 0.135. The molecular weight excluding hydrogens is 236 g/mol. The van der Waals surface area contributed by atoms with Crippen LogP contribution in [-0.4, -0.2) is 57.5 Å². The van der Waals surface area contributed by atoms with Crippen LogP contribution < -0.4 is 5.32 Å². The minimum atomic E-state index is -2.81. The Bertz CT molecular complexity index is 333. The summed E-state index contributed by atoms with van der Waals surface area (Å²) >= 11 is 0. The second-order valence-corrected chi connectivity index (χ2v) is 8.42. The van der Waals surface area contributed by atoms with Crippen LogP contribution in [0.2, 0.25) is 0 Å². The lowest BCUT2D eigenvalue weighted by atomic mass is 9.85. The van der Waals surface area contributed by atoms with Crippen molar-refractivity contribution in [3.05, 3.63) is 0 Å². The smallest absolute Gasteiger partial charge is 0.147 e. The van der Waals surface area contributed by atoms with Gasteiger partial charge in [0.1, 0.15) is 9.84 Å². The maximum atomic E-state index is 11.1. The molecule has 0 saturated carbocycles. The predicted molar refractivity (Wildman–Crippen MR) is 72.0 cm³/mol. The summed E-state index contributed by atoms with van der Waals surface area (Å²) < 4.78 is 22.1. The molecule has 0 spiro atoms. The highest BCUT2D eigenvalue weighted by molar-refractivity contribution is 7.90. The number of rotatable bonds is 4. The molecular formula is C12H26N2O2S. The van der Waals surface area contributed by atoms with Gasteiger partial charge in [0.2, 0.25) is 0 Å². The standard InChI is InChI=1S/C12H26N2O2S/c1-12(2,3)11-10-14(8-6-13-11)7-5-9-17(4,15)16/h11,13H,5-10H2,1-4H3. The van der Waals surface area contributed by atoms with Crippen molar-refractivity contribution in [1.82, 2.24) is 10.2 Å². The zero-order valence-corrected chi connectivity index (χ0v) is 12.3. The second kappa shape index (κ2) is 5.67. The Kier molecular flexibility index (Phi) is 4.98. The van der Waals surface area contributed by atoms with Gasteiger partial charge in [-0.05, 0) is 18.4 Å². The third kappa shape index (κ3) is 5.84. The summed E-state index contributed by atoms with van der Waals surface area (Å²) in [6, 6.07) is 0.495. The van der Waals surface area contributed by atoms with Crippen LogP contribution >= 0.6 is 0 Å². The highest BCUT2D eigenvalue weighted by Gasteiger charge is 2.28. The molecule has 102 valence electrons. The van der Waals surface area contributed by atoms with Gasteiger partial charge in [0.05, 0.1) is 5.75 Å². The Morgan fingerprint density at radius 2 is 2.00 bits per heavy atom. The monoisotopic (exact) mass is 262 g/mol. The summed E-state index contributed by atoms with van der Waals surface area (Å²) in [6.45, 7) is 10.7. The van der Waals surface area contributed by atoms with Crippen LogP contribution in [0.25, 0.3) is 0 Å². The summed E-state index contributed by atoms with van der Waals surface area (Å²) in [5.74, 6) is 0.303. The third-order valence-electron chi connectivity index (χ3n) is 3.29. The topological polar surface area (TPSA) is 49.4 Å². The molecule has 4 nitrogen and oxygen atoms in total. The van der Waals surface area contributed by atoms with Crippen molar-refractivity contribution < 1.29 is 8.42 Å². The van der Waals surface area contributed by atoms with E-state index in [4.69, 9.17) is 0 Å². The van der Waals surface area contributed by atoms with E-state index in [0.29, 0.717) is 11.8 Å². The zero-order valence-electron chi connectivity index (χ0n) is 11.5. The van der Waals surface area contributed by atoms with Crippen molar-refractivity contribution in [1.29, 1.82) is 0 Å². The molecule has 0 aromatic carbocycles. The van der Waals surface area contributed by atoms with Gasteiger partial charge in [-0.3, -0.25) is 0 Å². The number of hydrogen-bond donors (Lipinski definition) is 1. The average molecular weight is 262 g/mol. The first-order valence-electron chi connectivity index (χ1n) is 6.32. The largest absolute Gasteiger partial charge is 0.311 e. The summed E-state index contributed by atoms with van der Waals surface area (Å²) in [5, 5.41) is 3.54. The maximum Gasteiger partial charge on any atom is 0.147 e. The van der Waals surface area contributed by atoms with Crippen LogP contribution in [0.5, 0.6) is 0 Å². The number of hydrogen-bond acceptors (Lipinski definition) is 4. The highest BCUT2D eigenvalue weighted by atomic mass is 32.2. The van der Waals surface area contributed by atoms with Gasteiger partial charge in [-0.25, -0.2) is 8.42 Å². The number of sulfone groups is 1. The minimum Gasteiger partial charge on any atom is -0.311 e. The first kappa shape index (κ1) is 14.9. The van der Waals surface area contributed by atoms with Crippen LogP contribution in [0.4, 0.5) is 0 Å². The Morgan fingerprint density at radius 3 is 2.53 bits per heavy atom. The van der Waals surface area contributed by atoms with E-state index in [1.54, 1.807) is 0 Å². The lowest BCUT2D eigenvalue weighted by Gasteiger charge is -2.40. The van der Waals surface area contributed by atoms with Crippen molar-refractivity contribution in [3.63, 3.8) is 0 Å². The molecule has 1 aliphatic heterocycles. The van der Waals surface area contributed by atoms with Gasteiger partial charge in [0, 0.05) is 31.9 Å². The third-order valence-corrected chi connectivity index (χ3v) is 4.32. The van der Waals surface area contributed by atoms with E-state index in [9.17, 15) is 8.42 Å². The molecule has 1 rings (SSSR count). The van der Waals surface area contributed by atoms with Crippen molar-refractivity contribution >= 4 is 9.84 Å². The molecule has 1 unspecified atom stereocenters. The predicted octanol–water partition coefficient (Wildman–Crippen LogP) is 0.741. The summed E-state index contributed by atoms with van der Waals surface area (Å²) in [6.07, 6.45) is 2.05. The molecule has 1 fully saturated rings. The molecule has 0 aliphatic carbocycles. The molecule has 0 amide bonds. The molecule has 0 radical (unpaired) electrons. The van der Waals surface area contributed by atoms with E-state index in [1.165, 1.54) is 6.26 Å². The Balaban J connectivity index is 2.35. The fourth-order valence-electron chi connectivity index (χ4n) is 2.14. The molecule has 5 heteroatoms. The van der Waals surface area contributed by atoms with Gasteiger partial charge in [-0.2, -0.15) is 0 Å². The van der Waals surface area contributed by atoms with Crippen molar-refractivity contribution in [2.45, 2.75) is 33.2 Å². The van der Waals surface area contributed by atoms with Crippen LogP contribution in [0.15, 0.2) is 0 Å². The minimum absolute atomic E-state index is 0.259. The van der Waals surface area contributed by atoms with E-state index < -0.39 is 9.84 Å². The number of piperazine rings is 1. The van der Waals surface area contributed by atoms with Gasteiger partial charge in [0.15, 0.2) is 0 Å². The molecule has 0 aromatic heterocycles. The van der Waals surface area contributed by atoms with Crippen molar-refractivity contribution in [3.8, 4) is 0 Å². The summed E-state index contributed by atoms with van der Waals surface area (Å²) in [4.78, 5) is 2.37. The average Bonchev–Trinajstić information content (AvgIpc) is 2.15. The lowest BCUT2D eigenvalue weighted by Crippen LogP contribution is -2.55. The molecule has 1 heterocycles. The zero-order chi connectivity index (χ0) is 13.1. The normalized spacial score (nSPS) is 23.9. The second-order valence-electron chi connectivity index (χ2n) is 6.16. The van der Waals surface area contributed by atoms with E-state index in [2.05, 4.69) is 31.0 Å².